The van der Waals surface area contributed by atoms with Crippen LogP contribution < -0.4 is 10.8 Å². The van der Waals surface area contributed by atoms with E-state index < -0.39 is 23.8 Å². The maximum atomic E-state index is 11.6. The average Bonchev–Trinajstić information content (AvgIpc) is 2.87. The van der Waals surface area contributed by atoms with E-state index in [2.05, 4.69) is 25.6 Å². The van der Waals surface area contributed by atoms with Crippen LogP contribution in [-0.2, 0) is 9.63 Å². The number of carbonyl (C=O) groups is 3. The number of carboxylic acids is 1. The number of carbonyl (C=O) groups excluding carboxylic acids is 2. The smallest absolute Gasteiger partial charge is 0.354 e. The van der Waals surface area contributed by atoms with Gasteiger partial charge < -0.3 is 15.4 Å². The molecule has 0 radical (unpaired) electrons. The Morgan fingerprint density at radius 3 is 2.94 bits per heavy atom. The summed E-state index contributed by atoms with van der Waals surface area (Å²) in [4.78, 5) is 44.0. The predicted molar refractivity (Wildman–Crippen MR) is 50.9 cm³/mol. The summed E-state index contributed by atoms with van der Waals surface area (Å²) in [7, 11) is 0. The summed E-state index contributed by atoms with van der Waals surface area (Å²) in [5, 5.41) is 11.1. The van der Waals surface area contributed by atoms with Gasteiger partial charge in [0.1, 0.15) is 12.6 Å². The van der Waals surface area contributed by atoms with Crippen molar-refractivity contribution in [3.8, 4) is 0 Å². The highest BCUT2D eigenvalue weighted by Gasteiger charge is 2.29. The maximum absolute atomic E-state index is 11.6. The zero-order chi connectivity index (χ0) is 12.4. The molecule has 90 valence electrons. The van der Waals surface area contributed by atoms with Gasteiger partial charge in [-0.3, -0.25) is 14.4 Å². The number of hydrogen-bond donors (Lipinski definition) is 4. The van der Waals surface area contributed by atoms with Crippen LogP contribution in [0.5, 0.6) is 0 Å². The van der Waals surface area contributed by atoms with Crippen molar-refractivity contribution in [1.82, 2.24) is 20.8 Å². The molecular weight excluding hydrogens is 232 g/mol. The second-order valence-corrected chi connectivity index (χ2v) is 3.23. The summed E-state index contributed by atoms with van der Waals surface area (Å²) in [6, 6.07) is -0.846. The number of carboxylic acid groups (broad SMARTS) is 1. The van der Waals surface area contributed by atoms with Crippen LogP contribution in [0.1, 0.15) is 21.0 Å². The molecule has 2 heterocycles. The van der Waals surface area contributed by atoms with Crippen LogP contribution in [0, 0.1) is 0 Å². The predicted octanol–water partition coefficient (Wildman–Crippen LogP) is -1.73. The molecule has 9 heteroatoms. The number of hydrogen-bond acceptors (Lipinski definition) is 5. The van der Waals surface area contributed by atoms with E-state index in [-0.39, 0.29) is 18.0 Å². The fourth-order valence-electron chi connectivity index (χ4n) is 1.31. The highest BCUT2D eigenvalue weighted by Crippen LogP contribution is 2.04. The van der Waals surface area contributed by atoms with Crippen molar-refractivity contribution >= 4 is 17.8 Å². The quantitative estimate of drug-likeness (QED) is 0.496. The van der Waals surface area contributed by atoms with E-state index >= 15 is 0 Å². The van der Waals surface area contributed by atoms with Gasteiger partial charge in [0.05, 0.1) is 6.33 Å². The van der Waals surface area contributed by atoms with Crippen LogP contribution in [0.15, 0.2) is 6.33 Å². The van der Waals surface area contributed by atoms with Gasteiger partial charge in [-0.05, 0) is 0 Å². The Hall–Kier alpha value is -2.42. The number of imidazole rings is 1. The highest BCUT2D eigenvalue weighted by atomic mass is 16.7. The lowest BCUT2D eigenvalue weighted by Crippen LogP contribution is -2.42. The van der Waals surface area contributed by atoms with E-state index in [9.17, 15) is 14.4 Å². The molecule has 1 fully saturated rings. The SMILES string of the molecule is O=C(N[C@@H]1CONC1=O)c1nc[nH]c1C(=O)O. The van der Waals surface area contributed by atoms with Crippen LogP contribution >= 0.6 is 0 Å². The van der Waals surface area contributed by atoms with Crippen LogP contribution in [0.25, 0.3) is 0 Å². The van der Waals surface area contributed by atoms with Crippen molar-refractivity contribution in [2.75, 3.05) is 6.61 Å². The molecule has 1 aliphatic heterocycles. The largest absolute Gasteiger partial charge is 0.477 e. The third kappa shape index (κ3) is 2.08. The number of aromatic carboxylic acids is 1. The van der Waals surface area contributed by atoms with Gasteiger partial charge in [-0.25, -0.2) is 15.3 Å². The van der Waals surface area contributed by atoms with Gasteiger partial charge in [-0.1, -0.05) is 0 Å². The molecule has 1 aromatic heterocycles. The van der Waals surface area contributed by atoms with E-state index in [1.807, 2.05) is 0 Å². The van der Waals surface area contributed by atoms with Crippen molar-refractivity contribution in [3.05, 3.63) is 17.7 Å². The van der Waals surface area contributed by atoms with Crippen molar-refractivity contribution in [2.24, 2.45) is 0 Å². The minimum atomic E-state index is -1.31. The zero-order valence-corrected chi connectivity index (χ0v) is 8.39. The van der Waals surface area contributed by atoms with Crippen LogP contribution in [0.4, 0.5) is 0 Å². The molecule has 2 rings (SSSR count). The van der Waals surface area contributed by atoms with Crippen molar-refractivity contribution in [3.63, 3.8) is 0 Å². The first kappa shape index (κ1) is 11.1. The van der Waals surface area contributed by atoms with E-state index in [4.69, 9.17) is 5.11 Å². The molecule has 0 aliphatic carbocycles. The van der Waals surface area contributed by atoms with Gasteiger partial charge in [0, 0.05) is 0 Å². The van der Waals surface area contributed by atoms with Gasteiger partial charge in [-0.2, -0.15) is 0 Å². The number of hydroxylamine groups is 1. The second-order valence-electron chi connectivity index (χ2n) is 3.23. The van der Waals surface area contributed by atoms with Crippen molar-refractivity contribution in [1.29, 1.82) is 0 Å². The number of nitrogens with one attached hydrogen (secondary N) is 3. The highest BCUT2D eigenvalue weighted by molar-refractivity contribution is 6.03. The number of amides is 2. The first-order valence-corrected chi connectivity index (χ1v) is 4.58. The molecule has 4 N–H and O–H groups in total. The third-order valence-electron chi connectivity index (χ3n) is 2.11. The van der Waals surface area contributed by atoms with E-state index in [0.717, 1.165) is 6.33 Å². The molecule has 0 aromatic carbocycles. The minimum absolute atomic E-state index is 0.0165. The fraction of sp³-hybridized carbons (Fsp3) is 0.250. The van der Waals surface area contributed by atoms with Gasteiger partial charge >= 0.3 is 5.97 Å². The first-order valence-electron chi connectivity index (χ1n) is 4.58. The molecule has 0 spiro atoms. The average molecular weight is 240 g/mol. The lowest BCUT2D eigenvalue weighted by Gasteiger charge is -2.06. The zero-order valence-electron chi connectivity index (χ0n) is 8.39. The standard InChI is InChI=1S/C8H8N4O5/c13-6-3(1-17-12-6)11-7(14)4-5(8(15)16)10-2-9-4/h2-3H,1H2,(H,9,10)(H,11,14)(H,12,13)(H,15,16)/t3-/m1/s1. The summed E-state index contributed by atoms with van der Waals surface area (Å²) in [6.45, 7) is -0.0165. The molecule has 0 saturated carbocycles. The number of nitrogens with zero attached hydrogens (tertiary/aromatic N) is 1. The second kappa shape index (κ2) is 4.22. The van der Waals surface area contributed by atoms with Gasteiger partial charge in [-0.15, -0.1) is 0 Å². The Bertz CT molecular complexity index is 482. The van der Waals surface area contributed by atoms with Gasteiger partial charge in [0.15, 0.2) is 11.4 Å². The molecular formula is C8H8N4O5. The number of H-pyrrole nitrogens is 1. The Labute approximate surface area is 94.1 Å². The molecule has 1 atom stereocenters. The molecule has 1 saturated heterocycles. The van der Waals surface area contributed by atoms with Crippen LogP contribution in [0.2, 0.25) is 0 Å². The molecule has 2 amide bonds. The van der Waals surface area contributed by atoms with E-state index in [0.29, 0.717) is 0 Å². The van der Waals surface area contributed by atoms with Crippen molar-refractivity contribution < 1.29 is 24.3 Å². The molecule has 1 aromatic rings. The Morgan fingerprint density at radius 1 is 1.59 bits per heavy atom. The normalized spacial score (nSPS) is 18.8. The molecule has 0 bridgehead atoms. The topological polar surface area (TPSA) is 133 Å². The molecule has 1 aliphatic rings. The van der Waals surface area contributed by atoms with Crippen LogP contribution in [-0.4, -0.2) is 45.5 Å². The van der Waals surface area contributed by atoms with E-state index in [1.54, 1.807) is 0 Å². The molecule has 0 unspecified atom stereocenters. The number of aromatic amines is 1. The Morgan fingerprint density at radius 2 is 2.35 bits per heavy atom. The lowest BCUT2D eigenvalue weighted by atomic mass is 10.2. The maximum Gasteiger partial charge on any atom is 0.354 e. The van der Waals surface area contributed by atoms with Gasteiger partial charge in [0.2, 0.25) is 0 Å². The lowest BCUT2D eigenvalue weighted by molar-refractivity contribution is -0.125. The first-order chi connectivity index (χ1) is 8.09. The minimum Gasteiger partial charge on any atom is -0.477 e. The summed E-state index contributed by atoms with van der Waals surface area (Å²) >= 11 is 0. The monoisotopic (exact) mass is 240 g/mol. The summed E-state index contributed by atoms with van der Waals surface area (Å²) in [5.74, 6) is -2.56. The third-order valence-corrected chi connectivity index (χ3v) is 2.11. The Kier molecular flexibility index (Phi) is 2.75. The summed E-state index contributed by atoms with van der Waals surface area (Å²) in [6.07, 6.45) is 1.09. The molecule has 9 nitrogen and oxygen atoms in total. The molecule has 17 heavy (non-hydrogen) atoms. The number of aromatic nitrogens is 2. The fourth-order valence-corrected chi connectivity index (χ4v) is 1.31. The Balaban J connectivity index is 2.12. The summed E-state index contributed by atoms with van der Waals surface area (Å²) in [5.41, 5.74) is 1.45. The summed E-state index contributed by atoms with van der Waals surface area (Å²) < 4.78 is 0. The number of rotatable bonds is 3. The van der Waals surface area contributed by atoms with E-state index in [1.165, 1.54) is 0 Å². The van der Waals surface area contributed by atoms with Crippen LogP contribution in [0.3, 0.4) is 0 Å². The van der Waals surface area contributed by atoms with Crippen molar-refractivity contribution in [2.45, 2.75) is 6.04 Å². The van der Waals surface area contributed by atoms with Gasteiger partial charge in [0.25, 0.3) is 11.8 Å².